The number of carbonyl (C=O) groups excluding carboxylic acids is 1. The second-order valence-corrected chi connectivity index (χ2v) is 11.2. The number of benzene rings is 1. The first-order valence-corrected chi connectivity index (χ1v) is 14.2. The topological polar surface area (TPSA) is 100 Å². The second-order valence-electron chi connectivity index (χ2n) is 10.1. The Kier molecular flexibility index (Phi) is 5.81. The van der Waals surface area contributed by atoms with Crippen molar-refractivity contribution in [1.29, 1.82) is 0 Å². The van der Waals surface area contributed by atoms with Gasteiger partial charge in [0.15, 0.2) is 11.1 Å². The van der Waals surface area contributed by atoms with Gasteiger partial charge < -0.3 is 9.47 Å². The molecule has 0 radical (unpaired) electrons. The summed E-state index contributed by atoms with van der Waals surface area (Å²) in [5.74, 6) is 0.769. The van der Waals surface area contributed by atoms with Gasteiger partial charge in [0.2, 0.25) is 0 Å². The molecule has 3 aromatic heterocycles. The molecule has 202 valence electrons. The number of esters is 1. The lowest BCUT2D eigenvalue weighted by Crippen LogP contribution is -2.37. The van der Waals surface area contributed by atoms with Gasteiger partial charge in [0, 0.05) is 10.6 Å². The van der Waals surface area contributed by atoms with E-state index < -0.39 is 5.97 Å². The zero-order valence-corrected chi connectivity index (χ0v) is 23.2. The number of nitrogens with zero attached hydrogens (tertiary/aromatic N) is 5. The van der Waals surface area contributed by atoms with Crippen LogP contribution in [0.4, 0.5) is 0 Å². The van der Waals surface area contributed by atoms with Crippen LogP contribution in [-0.2, 0) is 17.6 Å². The molecule has 0 saturated carbocycles. The lowest BCUT2D eigenvalue weighted by Gasteiger charge is -2.16. The number of thiophene rings is 1. The monoisotopic (exact) mass is 553 g/mol. The third kappa shape index (κ3) is 3.62. The van der Waals surface area contributed by atoms with E-state index in [0.717, 1.165) is 53.3 Å². The van der Waals surface area contributed by atoms with Gasteiger partial charge in [0.05, 0.1) is 31.5 Å². The Bertz CT molecular complexity index is 1960. The summed E-state index contributed by atoms with van der Waals surface area (Å²) in [6.45, 7) is 1.80. The average Bonchev–Trinajstić information content (AvgIpc) is 3.51. The number of hydrogen-bond acceptors (Lipinski definition) is 8. The minimum Gasteiger partial charge on any atom is -0.497 e. The standard InChI is InChI=1S/C30H27N5O4S/c1-16-31-26-24(28(36)34(16)29-23(30(37)39-3)19-8-4-7-11-22(19)40-29)25-27(33-21-10-6-5-9-20(21)32-25)35(26)17-12-14-18(38-2)15-13-17/h5-6,10,12-15,20H,4,7-9,11H2,1-3H3. The molecule has 0 bridgehead atoms. The Labute approximate surface area is 233 Å². The number of methoxy groups -OCH3 is 2. The number of rotatable bonds is 4. The summed E-state index contributed by atoms with van der Waals surface area (Å²) in [4.78, 5) is 43.7. The van der Waals surface area contributed by atoms with Gasteiger partial charge in [0.1, 0.15) is 27.3 Å². The highest BCUT2D eigenvalue weighted by Crippen LogP contribution is 2.37. The van der Waals surface area contributed by atoms with Gasteiger partial charge in [0.25, 0.3) is 5.56 Å². The Morgan fingerprint density at radius 2 is 1.90 bits per heavy atom. The van der Waals surface area contributed by atoms with Gasteiger partial charge in [-0.25, -0.2) is 14.8 Å². The Balaban J connectivity index is 1.58. The third-order valence-electron chi connectivity index (χ3n) is 7.80. The maximum atomic E-state index is 14.5. The van der Waals surface area contributed by atoms with Crippen molar-refractivity contribution >= 4 is 28.3 Å². The Morgan fingerprint density at radius 1 is 1.10 bits per heavy atom. The quantitative estimate of drug-likeness (QED) is 0.359. The fourth-order valence-corrected chi connectivity index (χ4v) is 7.30. The Morgan fingerprint density at radius 3 is 2.67 bits per heavy atom. The van der Waals surface area contributed by atoms with Crippen LogP contribution in [0.15, 0.2) is 63.0 Å². The summed E-state index contributed by atoms with van der Waals surface area (Å²) in [6, 6.07) is 7.40. The zero-order chi connectivity index (χ0) is 27.5. The van der Waals surface area contributed by atoms with Gasteiger partial charge in [-0.05, 0) is 74.9 Å². The number of hydrogen-bond donors (Lipinski definition) is 0. The summed E-state index contributed by atoms with van der Waals surface area (Å²) in [6.07, 6.45) is 10.5. The van der Waals surface area contributed by atoms with Crippen molar-refractivity contribution in [2.24, 2.45) is 9.98 Å². The molecule has 0 spiro atoms. The van der Waals surface area contributed by atoms with E-state index in [4.69, 9.17) is 24.4 Å². The highest BCUT2D eigenvalue weighted by atomic mass is 32.1. The number of ether oxygens (including phenoxy) is 2. The van der Waals surface area contributed by atoms with Crippen LogP contribution >= 0.6 is 11.3 Å². The maximum Gasteiger partial charge on any atom is 0.341 e. The van der Waals surface area contributed by atoms with E-state index in [9.17, 15) is 9.59 Å². The number of aryl methyl sites for hydroxylation is 2. The first kappa shape index (κ1) is 24.7. The molecule has 1 aromatic carbocycles. The normalized spacial score (nSPS) is 17.3. The lowest BCUT2D eigenvalue weighted by atomic mass is 9.95. The van der Waals surface area contributed by atoms with Crippen LogP contribution < -0.4 is 21.1 Å². The molecule has 2 aliphatic carbocycles. The number of fused-ring (bicyclic) bond motifs is 5. The van der Waals surface area contributed by atoms with Crippen LogP contribution in [0.3, 0.4) is 0 Å². The minimum absolute atomic E-state index is 0.166. The number of allylic oxidation sites excluding steroid dienone is 2. The number of carbonyl (C=O) groups is 1. The van der Waals surface area contributed by atoms with E-state index >= 15 is 0 Å². The largest absolute Gasteiger partial charge is 0.497 e. The van der Waals surface area contributed by atoms with Gasteiger partial charge in [-0.2, -0.15) is 0 Å². The van der Waals surface area contributed by atoms with Crippen molar-refractivity contribution in [3.8, 4) is 16.4 Å². The summed E-state index contributed by atoms with van der Waals surface area (Å²) in [5, 5.41) is 1.47. The molecular weight excluding hydrogens is 526 g/mol. The molecule has 7 rings (SSSR count). The first-order chi connectivity index (χ1) is 19.5. The SMILES string of the molecule is COC(=O)c1c(-n2c(C)nc3c(c4c(n3-c3ccc(OC)cc3)=NC3=CC=CCC3N=4)c2=O)sc2c1CCCC2. The molecule has 1 aliphatic heterocycles. The van der Waals surface area contributed by atoms with Crippen molar-refractivity contribution in [3.63, 3.8) is 0 Å². The van der Waals surface area contributed by atoms with E-state index in [2.05, 4.69) is 6.08 Å². The van der Waals surface area contributed by atoms with Crippen LogP contribution in [-0.4, -0.2) is 40.3 Å². The molecule has 1 atom stereocenters. The summed E-state index contributed by atoms with van der Waals surface area (Å²) in [7, 11) is 3.00. The molecule has 4 aromatic rings. The lowest BCUT2D eigenvalue weighted by molar-refractivity contribution is 0.0600. The van der Waals surface area contributed by atoms with Crippen LogP contribution in [0, 0.1) is 6.92 Å². The summed E-state index contributed by atoms with van der Waals surface area (Å²) >= 11 is 1.49. The van der Waals surface area contributed by atoms with Gasteiger partial charge in [-0.15, -0.1) is 11.3 Å². The minimum atomic E-state index is -0.429. The molecule has 40 heavy (non-hydrogen) atoms. The zero-order valence-electron chi connectivity index (χ0n) is 22.4. The molecule has 0 amide bonds. The third-order valence-corrected chi connectivity index (χ3v) is 9.08. The predicted octanol–water partition coefficient (Wildman–Crippen LogP) is 3.69. The van der Waals surface area contributed by atoms with Crippen molar-refractivity contribution in [3.05, 3.63) is 91.2 Å². The molecule has 9 nitrogen and oxygen atoms in total. The molecule has 10 heteroatoms. The predicted molar refractivity (Wildman–Crippen MR) is 152 cm³/mol. The van der Waals surface area contributed by atoms with E-state index in [-0.39, 0.29) is 11.6 Å². The van der Waals surface area contributed by atoms with E-state index in [1.165, 1.54) is 18.4 Å². The van der Waals surface area contributed by atoms with Crippen molar-refractivity contribution in [1.82, 2.24) is 14.1 Å². The molecule has 3 aliphatic rings. The summed E-state index contributed by atoms with van der Waals surface area (Å²) < 4.78 is 14.0. The highest BCUT2D eigenvalue weighted by molar-refractivity contribution is 7.15. The van der Waals surface area contributed by atoms with Crippen LogP contribution in [0.25, 0.3) is 21.7 Å². The van der Waals surface area contributed by atoms with Gasteiger partial charge in [-0.1, -0.05) is 12.2 Å². The van der Waals surface area contributed by atoms with E-state index in [0.29, 0.717) is 44.7 Å². The number of aromatic nitrogens is 3. The molecule has 4 heterocycles. The smallest absolute Gasteiger partial charge is 0.341 e. The fraction of sp³-hybridized carbons (Fsp3) is 0.300. The molecule has 1 unspecified atom stereocenters. The molecule has 0 N–H and O–H groups in total. The maximum absolute atomic E-state index is 14.5. The van der Waals surface area contributed by atoms with Crippen molar-refractivity contribution in [2.45, 2.75) is 45.1 Å². The molecular formula is C30H27N5O4S. The van der Waals surface area contributed by atoms with E-state index in [1.807, 2.05) is 41.0 Å². The molecule has 0 fully saturated rings. The van der Waals surface area contributed by atoms with Crippen molar-refractivity contribution in [2.75, 3.05) is 14.2 Å². The van der Waals surface area contributed by atoms with Crippen LogP contribution in [0.5, 0.6) is 5.75 Å². The summed E-state index contributed by atoms with van der Waals surface area (Å²) in [5.41, 5.74) is 3.89. The second kappa shape index (κ2) is 9.41. The average molecular weight is 554 g/mol. The van der Waals surface area contributed by atoms with E-state index in [1.54, 1.807) is 18.6 Å². The highest BCUT2D eigenvalue weighted by Gasteiger charge is 2.31. The molecule has 0 saturated heterocycles. The van der Waals surface area contributed by atoms with Gasteiger partial charge >= 0.3 is 5.97 Å². The van der Waals surface area contributed by atoms with Crippen LogP contribution in [0.2, 0.25) is 0 Å². The van der Waals surface area contributed by atoms with Crippen LogP contribution in [0.1, 0.15) is 45.9 Å². The first-order valence-electron chi connectivity index (χ1n) is 13.3. The Hall–Kier alpha value is -4.31. The van der Waals surface area contributed by atoms with Crippen molar-refractivity contribution < 1.29 is 14.3 Å². The fourth-order valence-electron chi connectivity index (χ4n) is 5.88. The van der Waals surface area contributed by atoms with Gasteiger partial charge in [-0.3, -0.25) is 18.9 Å².